The highest BCUT2D eigenvalue weighted by atomic mass is 35.5. The van der Waals surface area contributed by atoms with Crippen LogP contribution in [0.4, 0.5) is 49.6 Å². The third-order valence-electron chi connectivity index (χ3n) is 7.66. The Hall–Kier alpha value is -4.09. The summed E-state index contributed by atoms with van der Waals surface area (Å²) in [7, 11) is 1.57. The number of ether oxygens (including phenoxy) is 2. The van der Waals surface area contributed by atoms with Crippen molar-refractivity contribution < 1.29 is 67.8 Å². The largest absolute Gasteiger partial charge is 0.493 e. The van der Waals surface area contributed by atoms with Crippen molar-refractivity contribution in [3.63, 3.8) is 0 Å². The monoisotopic (exact) mass is 749 g/mol. The van der Waals surface area contributed by atoms with Crippen molar-refractivity contribution in [2.24, 2.45) is 11.0 Å². The molecule has 1 saturated carbocycles. The Morgan fingerprint density at radius 1 is 0.900 bits per heavy atom. The van der Waals surface area contributed by atoms with E-state index in [1.807, 2.05) is 25.1 Å². The lowest BCUT2D eigenvalue weighted by molar-refractivity contribution is -0.267. The summed E-state index contributed by atoms with van der Waals surface area (Å²) >= 11 is 3.95. The molecular formula is C31H30ClF10N3O5. The smallest absolute Gasteiger partial charge is 0.463 e. The molecule has 0 aromatic heterocycles. The molecule has 2 aromatic carbocycles. The minimum absolute atomic E-state index is 0.0350. The summed E-state index contributed by atoms with van der Waals surface area (Å²) in [4.78, 5) is 33.7. The van der Waals surface area contributed by atoms with Gasteiger partial charge in [-0.25, -0.2) is 5.01 Å². The summed E-state index contributed by atoms with van der Waals surface area (Å²) < 4.78 is 131. The van der Waals surface area contributed by atoms with E-state index in [4.69, 9.17) is 9.47 Å². The number of benzene rings is 2. The van der Waals surface area contributed by atoms with Crippen LogP contribution in [0.15, 0.2) is 47.6 Å². The van der Waals surface area contributed by atoms with Crippen LogP contribution >= 0.6 is 11.6 Å². The third-order valence-corrected chi connectivity index (χ3v) is 7.90. The molecule has 1 aliphatic heterocycles. The van der Waals surface area contributed by atoms with Gasteiger partial charge in [-0.3, -0.25) is 14.4 Å². The molecule has 0 spiro atoms. The number of carbonyl (C=O) groups is 3. The number of alkyl halides is 10. The zero-order valence-electron chi connectivity index (χ0n) is 26.2. The molecule has 4 rings (SSSR count). The number of nitrogens with zero attached hydrogens (tertiary/aromatic N) is 2. The highest BCUT2D eigenvalue weighted by molar-refractivity contribution is 6.65. The maximum atomic E-state index is 13.2. The number of hydrazone groups is 1. The number of carbonyl (C=O) groups excluding carboxylic acids is 3. The summed E-state index contributed by atoms with van der Waals surface area (Å²) in [5, 5.41) is 4.80. The van der Waals surface area contributed by atoms with Crippen LogP contribution in [0.1, 0.15) is 56.6 Å². The van der Waals surface area contributed by atoms with E-state index < -0.39 is 35.3 Å². The second kappa shape index (κ2) is 15.9. The van der Waals surface area contributed by atoms with Gasteiger partial charge in [0, 0.05) is 23.6 Å². The van der Waals surface area contributed by atoms with Gasteiger partial charge in [0.2, 0.25) is 5.91 Å². The van der Waals surface area contributed by atoms with Gasteiger partial charge < -0.3 is 14.8 Å². The first-order valence-electron chi connectivity index (χ1n) is 14.9. The summed E-state index contributed by atoms with van der Waals surface area (Å²) in [6, 6.07) is 10.7. The van der Waals surface area contributed by atoms with Crippen LogP contribution in [-0.2, 0) is 20.9 Å². The van der Waals surface area contributed by atoms with Gasteiger partial charge in [0.15, 0.2) is 11.5 Å². The van der Waals surface area contributed by atoms with Crippen LogP contribution in [0, 0.1) is 5.92 Å². The van der Waals surface area contributed by atoms with Gasteiger partial charge in [0.05, 0.1) is 25.5 Å². The van der Waals surface area contributed by atoms with E-state index >= 15 is 0 Å². The number of methoxy groups -OCH3 is 1. The number of hydrogen-bond acceptors (Lipinski definition) is 6. The average molecular weight is 750 g/mol. The summed E-state index contributed by atoms with van der Waals surface area (Å²) in [5.74, 6) is -12.6. The number of nitrogens with one attached hydrogen (secondary N) is 1. The van der Waals surface area contributed by atoms with Crippen LogP contribution in [0.25, 0.3) is 0 Å². The van der Waals surface area contributed by atoms with Crippen molar-refractivity contribution in [2.45, 2.75) is 82.3 Å². The first-order chi connectivity index (χ1) is 23.1. The van der Waals surface area contributed by atoms with Crippen molar-refractivity contribution in [3.8, 4) is 11.5 Å². The quantitative estimate of drug-likeness (QED) is 0.195. The highest BCUT2D eigenvalue weighted by Crippen LogP contribution is 2.38. The van der Waals surface area contributed by atoms with Gasteiger partial charge in [-0.2, -0.15) is 49.0 Å². The predicted molar refractivity (Wildman–Crippen MR) is 159 cm³/mol. The molecule has 1 unspecified atom stereocenters. The normalized spacial score (nSPS) is 17.5. The van der Waals surface area contributed by atoms with Crippen molar-refractivity contribution in [2.75, 3.05) is 12.4 Å². The molecule has 0 bridgehead atoms. The molecule has 50 heavy (non-hydrogen) atoms. The van der Waals surface area contributed by atoms with Crippen molar-refractivity contribution in [3.05, 3.63) is 53.6 Å². The zero-order valence-corrected chi connectivity index (χ0v) is 27.0. The number of amides is 2. The second-order valence-electron chi connectivity index (χ2n) is 11.2. The van der Waals surface area contributed by atoms with Gasteiger partial charge >= 0.3 is 35.3 Å². The van der Waals surface area contributed by atoms with Gasteiger partial charge in [0.25, 0.3) is 0 Å². The number of halogens is 11. The molecule has 2 aliphatic rings. The Balaban J connectivity index is 0.000000588. The summed E-state index contributed by atoms with van der Waals surface area (Å²) in [5.41, 5.74) is 1.79. The first kappa shape index (κ1) is 40.3. The molecule has 0 saturated heterocycles. The lowest BCUT2D eigenvalue weighted by Crippen LogP contribution is -2.47. The third kappa shape index (κ3) is 9.57. The lowest BCUT2D eigenvalue weighted by Gasteiger charge is -2.29. The van der Waals surface area contributed by atoms with Crippen LogP contribution in [0.5, 0.6) is 11.5 Å². The van der Waals surface area contributed by atoms with Crippen molar-refractivity contribution in [1.29, 1.82) is 0 Å². The molecule has 1 heterocycles. The van der Waals surface area contributed by atoms with Gasteiger partial charge in [-0.05, 0) is 79.6 Å². The van der Waals surface area contributed by atoms with E-state index in [1.165, 1.54) is 29.3 Å². The minimum Gasteiger partial charge on any atom is -0.493 e. The molecule has 1 aliphatic carbocycles. The summed E-state index contributed by atoms with van der Waals surface area (Å²) in [6.45, 7) is 2.01. The minimum atomic E-state index is -6.01. The predicted octanol–water partition coefficient (Wildman–Crippen LogP) is 8.26. The Bertz CT molecular complexity index is 1560. The molecule has 0 radical (unpaired) electrons. The molecule has 1 atom stereocenters. The van der Waals surface area contributed by atoms with E-state index in [0.717, 1.165) is 31.2 Å². The zero-order chi connectivity index (χ0) is 37.7. The van der Waals surface area contributed by atoms with Gasteiger partial charge in [-0.1, -0.05) is 19.1 Å². The number of hydrogen-bond donors (Lipinski definition) is 1. The molecule has 19 heteroatoms. The standard InChI is InChI=1S/C28H30F5N3O4.C3ClF5O/c1-3-18-15-24(37)36(16-17-8-11-20(12-9-17)34-26(38)27(29,30)28(31,32)33)35-25(18)19-10-13-22(39-2)23(14-19)40-21-6-4-5-7-21;4-1(10)2(5,6)3(7,8)9/h8-14,18,21H,3-7,15-16H2,1-2H3,(H,34,38);. The second-order valence-corrected chi connectivity index (χ2v) is 11.5. The van der Waals surface area contributed by atoms with E-state index in [1.54, 1.807) is 12.4 Å². The molecule has 2 amide bonds. The van der Waals surface area contributed by atoms with Crippen molar-refractivity contribution in [1.82, 2.24) is 5.01 Å². The Morgan fingerprint density at radius 2 is 1.48 bits per heavy atom. The van der Waals surface area contributed by atoms with Crippen LogP contribution < -0.4 is 14.8 Å². The first-order valence-corrected chi connectivity index (χ1v) is 15.2. The Kier molecular flexibility index (Phi) is 12.8. The molecule has 2 aromatic rings. The highest BCUT2D eigenvalue weighted by Gasteiger charge is 2.64. The maximum absolute atomic E-state index is 13.2. The van der Waals surface area contributed by atoms with Gasteiger partial charge in [-0.15, -0.1) is 0 Å². The van der Waals surface area contributed by atoms with Crippen LogP contribution in [0.2, 0.25) is 0 Å². The van der Waals surface area contributed by atoms with Crippen LogP contribution in [0.3, 0.4) is 0 Å². The fourth-order valence-corrected chi connectivity index (χ4v) is 4.97. The topological polar surface area (TPSA) is 97.3 Å². The molecular weight excluding hydrogens is 720 g/mol. The Labute approximate surface area is 283 Å². The molecule has 1 N–H and O–H groups in total. The number of anilines is 1. The molecule has 1 fully saturated rings. The molecule has 8 nitrogen and oxygen atoms in total. The van der Waals surface area contributed by atoms with Crippen LogP contribution in [-0.4, -0.2) is 65.2 Å². The fraction of sp³-hybridized carbons (Fsp3) is 0.484. The van der Waals surface area contributed by atoms with Crippen molar-refractivity contribution >= 4 is 40.1 Å². The van der Waals surface area contributed by atoms with E-state index in [0.29, 0.717) is 29.2 Å². The maximum Gasteiger partial charge on any atom is 0.463 e. The SMILES string of the molecule is CCC1CC(=O)N(Cc2ccc(NC(=O)C(F)(F)C(F)(F)F)cc2)N=C1c1ccc(OC)c(OC2CCCC2)c1.O=C(Cl)C(F)(F)C(F)(F)F. The Morgan fingerprint density at radius 3 is 1.96 bits per heavy atom. The van der Waals surface area contributed by atoms with Gasteiger partial charge in [0.1, 0.15) is 0 Å². The van der Waals surface area contributed by atoms with E-state index in [2.05, 4.69) is 16.7 Å². The summed E-state index contributed by atoms with van der Waals surface area (Å²) in [6.07, 6.45) is -6.71. The van der Waals surface area contributed by atoms with E-state index in [9.17, 15) is 58.3 Å². The average Bonchev–Trinajstić information content (AvgIpc) is 3.55. The fourth-order valence-electron chi connectivity index (χ4n) is 4.87. The number of rotatable bonds is 10. The van der Waals surface area contributed by atoms with E-state index in [-0.39, 0.29) is 36.6 Å². The molecule has 276 valence electrons. The lowest BCUT2D eigenvalue weighted by atomic mass is 9.89.